The molecule has 2 rings (SSSR count). The summed E-state index contributed by atoms with van der Waals surface area (Å²) in [5.41, 5.74) is 3.22. The smallest absolute Gasteiger partial charge is 0.251 e. The number of hydrogen-bond acceptors (Lipinski definition) is 6. The number of aliphatic hydroxyl groups is 1. The standard InChI is InChI=1S/C16H17NO.C13H16N2O3.C2H6/c1-4-13(2)10-16(11-17)14(3)18-12-15-8-6-5-7-9-15;1-9(2)18-12-4-3-10(7-11(12)8-14)13(17)15-5-6-16;1-2/h4-10H,3,12H2,1-2H3;3-4,7,9,16H,5-6H2,1-2H3,(H,15,17);1-2H3/b13-4-,16-10-;;. The molecule has 2 aromatic rings. The van der Waals surface area contributed by atoms with Gasteiger partial charge in [0, 0.05) is 12.1 Å². The van der Waals surface area contributed by atoms with Gasteiger partial charge in [-0.2, -0.15) is 10.5 Å². The Morgan fingerprint density at radius 1 is 1.16 bits per heavy atom. The monoisotopic (exact) mass is 517 g/mol. The van der Waals surface area contributed by atoms with Crippen molar-refractivity contribution in [3.8, 4) is 17.9 Å². The van der Waals surface area contributed by atoms with Crippen molar-refractivity contribution in [2.45, 2.75) is 54.3 Å². The van der Waals surface area contributed by atoms with Gasteiger partial charge in [0.05, 0.1) is 23.8 Å². The summed E-state index contributed by atoms with van der Waals surface area (Å²) in [6.07, 6.45) is 3.67. The number of rotatable bonds is 10. The SMILES string of the molecule is C=C(OCc1ccccc1)/C(C#N)=C\C(C)=C/C.CC.CC(C)Oc1ccc(C(=O)NCCO)cc1C#N. The molecule has 0 aromatic heterocycles. The maximum Gasteiger partial charge on any atom is 0.251 e. The molecular weight excluding hydrogens is 478 g/mol. The highest BCUT2D eigenvalue weighted by molar-refractivity contribution is 5.94. The Morgan fingerprint density at radius 3 is 2.34 bits per heavy atom. The fourth-order valence-electron chi connectivity index (χ4n) is 2.70. The van der Waals surface area contributed by atoms with Gasteiger partial charge in [-0.15, -0.1) is 0 Å². The summed E-state index contributed by atoms with van der Waals surface area (Å²) in [6.45, 7) is 15.9. The molecule has 7 nitrogen and oxygen atoms in total. The number of nitriles is 2. The van der Waals surface area contributed by atoms with Gasteiger partial charge in [-0.1, -0.05) is 62.4 Å². The Bertz CT molecular complexity index is 1150. The van der Waals surface area contributed by atoms with Crippen LogP contribution in [0.15, 0.2) is 84.2 Å². The van der Waals surface area contributed by atoms with Crippen molar-refractivity contribution >= 4 is 5.91 Å². The van der Waals surface area contributed by atoms with Gasteiger partial charge >= 0.3 is 0 Å². The van der Waals surface area contributed by atoms with Gasteiger partial charge in [0.2, 0.25) is 0 Å². The van der Waals surface area contributed by atoms with Crippen LogP contribution in [0.1, 0.15) is 63.0 Å². The molecule has 0 bridgehead atoms. The molecule has 0 aliphatic carbocycles. The molecule has 1 amide bonds. The van der Waals surface area contributed by atoms with E-state index in [0.29, 0.717) is 34.8 Å². The van der Waals surface area contributed by atoms with Gasteiger partial charge < -0.3 is 19.9 Å². The molecule has 2 aromatic carbocycles. The van der Waals surface area contributed by atoms with Crippen LogP contribution in [0, 0.1) is 22.7 Å². The lowest BCUT2D eigenvalue weighted by atomic mass is 10.1. The lowest BCUT2D eigenvalue weighted by molar-refractivity contribution is 0.0944. The Kier molecular flexibility index (Phi) is 17.6. The average molecular weight is 518 g/mol. The molecule has 202 valence electrons. The van der Waals surface area contributed by atoms with E-state index in [9.17, 15) is 4.79 Å². The van der Waals surface area contributed by atoms with E-state index in [2.05, 4.69) is 18.0 Å². The maximum absolute atomic E-state index is 11.6. The number of nitrogens with one attached hydrogen (secondary N) is 1. The lowest BCUT2D eigenvalue weighted by Gasteiger charge is -2.12. The summed E-state index contributed by atoms with van der Waals surface area (Å²) in [5.74, 6) is 0.547. The van der Waals surface area contributed by atoms with Gasteiger partial charge in [-0.05, 0) is 57.5 Å². The number of carbonyl (C=O) groups excluding carboxylic acids is 1. The largest absolute Gasteiger partial charge is 0.490 e. The lowest BCUT2D eigenvalue weighted by Crippen LogP contribution is -2.26. The molecule has 0 fully saturated rings. The van der Waals surface area contributed by atoms with Crippen LogP contribution >= 0.6 is 0 Å². The van der Waals surface area contributed by atoms with Crippen molar-refractivity contribution in [2.24, 2.45) is 0 Å². The Hall–Kier alpha value is -4.33. The van der Waals surface area contributed by atoms with Crippen LogP contribution in [0.2, 0.25) is 0 Å². The zero-order valence-electron chi connectivity index (χ0n) is 23.2. The molecule has 0 spiro atoms. The Morgan fingerprint density at radius 2 is 1.82 bits per heavy atom. The molecule has 7 heteroatoms. The highest BCUT2D eigenvalue weighted by atomic mass is 16.5. The second-order valence-corrected chi connectivity index (χ2v) is 7.87. The van der Waals surface area contributed by atoms with Crippen LogP contribution in [0.4, 0.5) is 0 Å². The van der Waals surface area contributed by atoms with E-state index in [1.165, 1.54) is 6.07 Å². The molecule has 0 radical (unpaired) electrons. The predicted molar refractivity (Wildman–Crippen MR) is 151 cm³/mol. The molecule has 0 atom stereocenters. The van der Waals surface area contributed by atoms with Crippen molar-refractivity contribution in [1.82, 2.24) is 5.32 Å². The van der Waals surface area contributed by atoms with E-state index in [1.807, 2.05) is 84.0 Å². The third-order valence-corrected chi connectivity index (χ3v) is 4.63. The van der Waals surface area contributed by atoms with Gasteiger partial charge in [0.1, 0.15) is 30.3 Å². The van der Waals surface area contributed by atoms with Gasteiger partial charge in [-0.25, -0.2) is 0 Å². The minimum Gasteiger partial charge on any atom is -0.490 e. The number of amides is 1. The third kappa shape index (κ3) is 13.1. The quantitative estimate of drug-likeness (QED) is 0.219. The molecule has 38 heavy (non-hydrogen) atoms. The van der Waals surface area contributed by atoms with E-state index in [4.69, 9.17) is 25.1 Å². The second-order valence-electron chi connectivity index (χ2n) is 7.87. The minimum absolute atomic E-state index is 0.0360. The Balaban J connectivity index is 0.000000676. The first-order chi connectivity index (χ1) is 18.2. The van der Waals surface area contributed by atoms with E-state index in [1.54, 1.807) is 18.2 Å². The molecule has 0 saturated carbocycles. The number of ether oxygens (including phenoxy) is 2. The average Bonchev–Trinajstić information content (AvgIpc) is 2.95. The number of hydrogen-bond donors (Lipinski definition) is 2. The van der Waals surface area contributed by atoms with Crippen LogP contribution in [0.3, 0.4) is 0 Å². The van der Waals surface area contributed by atoms with Gasteiger partial charge in [0.25, 0.3) is 5.91 Å². The molecule has 0 heterocycles. The van der Waals surface area contributed by atoms with Crippen molar-refractivity contribution in [1.29, 1.82) is 10.5 Å². The normalized spacial score (nSPS) is 10.5. The predicted octanol–water partition coefficient (Wildman–Crippen LogP) is 6.23. The fraction of sp³-hybridized carbons (Fsp3) is 0.323. The number of allylic oxidation sites excluding steroid dienone is 4. The summed E-state index contributed by atoms with van der Waals surface area (Å²) in [7, 11) is 0. The van der Waals surface area contributed by atoms with Crippen LogP contribution in [0.25, 0.3) is 0 Å². The van der Waals surface area contributed by atoms with Crippen LogP contribution in [-0.2, 0) is 11.3 Å². The zero-order valence-corrected chi connectivity index (χ0v) is 23.2. The summed E-state index contributed by atoms with van der Waals surface area (Å²) in [4.78, 5) is 11.6. The zero-order chi connectivity index (χ0) is 28.9. The fourth-order valence-corrected chi connectivity index (χ4v) is 2.70. The molecule has 2 N–H and O–H groups in total. The Labute approximate surface area is 227 Å². The summed E-state index contributed by atoms with van der Waals surface area (Å²) in [5, 5.41) is 29.2. The number of nitrogens with zero attached hydrogens (tertiary/aromatic N) is 2. The summed E-state index contributed by atoms with van der Waals surface area (Å²) >= 11 is 0. The molecule has 0 unspecified atom stereocenters. The first-order valence-corrected chi connectivity index (χ1v) is 12.5. The van der Waals surface area contributed by atoms with Crippen molar-refractivity contribution in [3.05, 3.63) is 101 Å². The van der Waals surface area contributed by atoms with E-state index < -0.39 is 0 Å². The van der Waals surface area contributed by atoms with E-state index in [0.717, 1.165) is 11.1 Å². The summed E-state index contributed by atoms with van der Waals surface area (Å²) < 4.78 is 11.0. The topological polar surface area (TPSA) is 115 Å². The first-order valence-electron chi connectivity index (χ1n) is 12.5. The third-order valence-electron chi connectivity index (χ3n) is 4.63. The highest BCUT2D eigenvalue weighted by Gasteiger charge is 2.11. The highest BCUT2D eigenvalue weighted by Crippen LogP contribution is 2.20. The molecule has 0 aliphatic heterocycles. The van der Waals surface area contributed by atoms with Crippen molar-refractivity contribution in [2.75, 3.05) is 13.2 Å². The maximum atomic E-state index is 11.6. The van der Waals surface area contributed by atoms with Crippen LogP contribution < -0.4 is 10.1 Å². The number of benzene rings is 2. The van der Waals surface area contributed by atoms with Gasteiger partial charge in [-0.3, -0.25) is 4.79 Å². The van der Waals surface area contributed by atoms with Crippen molar-refractivity contribution in [3.63, 3.8) is 0 Å². The summed E-state index contributed by atoms with van der Waals surface area (Å²) in [6, 6.07) is 18.6. The first kappa shape index (κ1) is 33.7. The van der Waals surface area contributed by atoms with E-state index in [-0.39, 0.29) is 25.2 Å². The number of carbonyl (C=O) groups is 1. The molecule has 0 saturated heterocycles. The van der Waals surface area contributed by atoms with Crippen LogP contribution in [0.5, 0.6) is 5.75 Å². The molecular formula is C31H39N3O4. The van der Waals surface area contributed by atoms with Crippen LogP contribution in [-0.4, -0.2) is 30.3 Å². The van der Waals surface area contributed by atoms with Gasteiger partial charge in [0.15, 0.2) is 0 Å². The number of aliphatic hydroxyl groups excluding tert-OH is 1. The van der Waals surface area contributed by atoms with E-state index >= 15 is 0 Å². The second kappa shape index (κ2) is 19.8. The van der Waals surface area contributed by atoms with Crippen molar-refractivity contribution < 1.29 is 19.4 Å². The molecule has 0 aliphatic rings. The minimum atomic E-state index is -0.323.